The monoisotopic (exact) mass is 398 g/mol. The van der Waals surface area contributed by atoms with Crippen LogP contribution in [0.1, 0.15) is 35.3 Å². The van der Waals surface area contributed by atoms with Crippen LogP contribution in [0, 0.1) is 5.82 Å². The minimum atomic E-state index is -0.623. The van der Waals surface area contributed by atoms with E-state index in [9.17, 15) is 9.18 Å². The first-order valence-electron chi connectivity index (χ1n) is 9.08. The molecule has 2 aromatic carbocycles. The molecule has 3 rings (SSSR count). The highest BCUT2D eigenvalue weighted by Gasteiger charge is 2.31. The van der Waals surface area contributed by atoms with Crippen molar-refractivity contribution in [1.82, 2.24) is 0 Å². The van der Waals surface area contributed by atoms with Gasteiger partial charge < -0.3 is 18.9 Å². The smallest absolute Gasteiger partial charge is 0.193 e. The standard InChI is InChI=1S/C23H23FO5/c1-23(2)12-11-16-19(28-14-26-3)13-20(27-4)21(22(16)29-23)18(25)10-9-15-7-5-6-8-17(15)24/h5-13H,14H2,1-4H3/b10-9+. The second-order valence-corrected chi connectivity index (χ2v) is 7.00. The number of halogens is 1. The van der Waals surface area contributed by atoms with E-state index in [1.807, 2.05) is 26.0 Å². The van der Waals surface area contributed by atoms with Crippen molar-refractivity contribution in [2.45, 2.75) is 19.4 Å². The third kappa shape index (κ3) is 4.49. The first-order chi connectivity index (χ1) is 13.9. The van der Waals surface area contributed by atoms with Crippen molar-refractivity contribution < 1.29 is 28.1 Å². The van der Waals surface area contributed by atoms with Crippen molar-refractivity contribution >= 4 is 17.9 Å². The van der Waals surface area contributed by atoms with Gasteiger partial charge in [-0.3, -0.25) is 4.79 Å². The second-order valence-electron chi connectivity index (χ2n) is 7.00. The van der Waals surface area contributed by atoms with E-state index in [-0.39, 0.29) is 18.1 Å². The van der Waals surface area contributed by atoms with Crippen molar-refractivity contribution in [3.8, 4) is 17.2 Å². The van der Waals surface area contributed by atoms with E-state index in [2.05, 4.69) is 0 Å². The van der Waals surface area contributed by atoms with Crippen LogP contribution in [-0.4, -0.2) is 32.4 Å². The Balaban J connectivity index is 2.09. The third-order valence-electron chi connectivity index (χ3n) is 4.38. The molecule has 0 radical (unpaired) electrons. The zero-order valence-electron chi connectivity index (χ0n) is 16.8. The van der Waals surface area contributed by atoms with Gasteiger partial charge >= 0.3 is 0 Å². The van der Waals surface area contributed by atoms with Crippen LogP contribution in [-0.2, 0) is 4.74 Å². The van der Waals surface area contributed by atoms with Gasteiger partial charge in [-0.15, -0.1) is 0 Å². The molecule has 0 spiro atoms. The lowest BCUT2D eigenvalue weighted by Crippen LogP contribution is -2.29. The lowest BCUT2D eigenvalue weighted by atomic mass is 9.96. The molecule has 0 saturated carbocycles. The van der Waals surface area contributed by atoms with Gasteiger partial charge in [-0.2, -0.15) is 0 Å². The van der Waals surface area contributed by atoms with Gasteiger partial charge in [-0.25, -0.2) is 4.39 Å². The Bertz CT molecular complexity index is 975. The third-order valence-corrected chi connectivity index (χ3v) is 4.38. The van der Waals surface area contributed by atoms with Crippen LogP contribution in [0.3, 0.4) is 0 Å². The molecule has 2 aromatic rings. The molecule has 0 aliphatic carbocycles. The number of hydrogen-bond acceptors (Lipinski definition) is 5. The number of carbonyl (C=O) groups excluding carboxylic acids is 1. The summed E-state index contributed by atoms with van der Waals surface area (Å²) in [5.74, 6) is 0.343. The number of benzene rings is 2. The van der Waals surface area contributed by atoms with E-state index in [0.717, 1.165) is 0 Å². The maximum atomic E-state index is 13.9. The minimum Gasteiger partial charge on any atom is -0.496 e. The van der Waals surface area contributed by atoms with Gasteiger partial charge in [0.1, 0.15) is 34.2 Å². The molecule has 0 aromatic heterocycles. The number of carbonyl (C=O) groups is 1. The molecule has 0 atom stereocenters. The molecule has 0 fully saturated rings. The highest BCUT2D eigenvalue weighted by molar-refractivity contribution is 6.11. The van der Waals surface area contributed by atoms with Crippen molar-refractivity contribution in [3.05, 3.63) is 65.0 Å². The molecule has 1 aliphatic rings. The predicted molar refractivity (Wildman–Crippen MR) is 109 cm³/mol. The number of ether oxygens (including phenoxy) is 4. The highest BCUT2D eigenvalue weighted by Crippen LogP contribution is 2.44. The number of ketones is 1. The van der Waals surface area contributed by atoms with Gasteiger partial charge in [0.2, 0.25) is 0 Å². The van der Waals surface area contributed by atoms with E-state index >= 15 is 0 Å². The second kappa shape index (κ2) is 8.49. The van der Waals surface area contributed by atoms with Crippen LogP contribution in [0.4, 0.5) is 4.39 Å². The molecule has 5 nitrogen and oxygen atoms in total. The molecule has 0 N–H and O–H groups in total. The normalized spacial score (nSPS) is 14.4. The van der Waals surface area contributed by atoms with Gasteiger partial charge in [-0.05, 0) is 44.2 Å². The van der Waals surface area contributed by atoms with E-state index in [0.29, 0.717) is 28.4 Å². The summed E-state index contributed by atoms with van der Waals surface area (Å²) in [4.78, 5) is 13.1. The van der Waals surface area contributed by atoms with Crippen LogP contribution < -0.4 is 14.2 Å². The average molecular weight is 398 g/mol. The summed E-state index contributed by atoms with van der Waals surface area (Å²) in [6.45, 7) is 3.80. The molecule has 0 bridgehead atoms. The Labute approximate surface area is 169 Å². The molecule has 29 heavy (non-hydrogen) atoms. The zero-order valence-corrected chi connectivity index (χ0v) is 16.8. The maximum Gasteiger partial charge on any atom is 0.193 e. The average Bonchev–Trinajstić information content (AvgIpc) is 2.69. The van der Waals surface area contributed by atoms with Crippen LogP contribution in [0.25, 0.3) is 12.2 Å². The first-order valence-corrected chi connectivity index (χ1v) is 9.08. The first kappa shape index (κ1) is 20.6. The summed E-state index contributed by atoms with van der Waals surface area (Å²) in [5.41, 5.74) is 0.555. The molecular formula is C23H23FO5. The fourth-order valence-corrected chi connectivity index (χ4v) is 2.97. The maximum absolute atomic E-state index is 13.9. The summed E-state index contributed by atoms with van der Waals surface area (Å²) < 4.78 is 36.0. The van der Waals surface area contributed by atoms with E-state index < -0.39 is 11.4 Å². The molecule has 1 aliphatic heterocycles. The van der Waals surface area contributed by atoms with E-state index in [1.165, 1.54) is 32.4 Å². The Morgan fingerprint density at radius 2 is 1.97 bits per heavy atom. The van der Waals surface area contributed by atoms with Gasteiger partial charge in [0.05, 0.1) is 12.7 Å². The summed E-state index contributed by atoms with van der Waals surface area (Å²) in [6.07, 6.45) is 6.47. The topological polar surface area (TPSA) is 54.0 Å². The van der Waals surface area contributed by atoms with E-state index in [4.69, 9.17) is 18.9 Å². The fourth-order valence-electron chi connectivity index (χ4n) is 2.97. The Morgan fingerprint density at radius 3 is 2.66 bits per heavy atom. The molecule has 0 saturated heterocycles. The van der Waals surface area contributed by atoms with Crippen LogP contribution in [0.2, 0.25) is 0 Å². The summed E-state index contributed by atoms with van der Waals surface area (Å²) >= 11 is 0. The number of fused-ring (bicyclic) bond motifs is 1. The number of methoxy groups -OCH3 is 2. The van der Waals surface area contributed by atoms with Crippen molar-refractivity contribution in [3.63, 3.8) is 0 Å². The summed E-state index contributed by atoms with van der Waals surface area (Å²) in [6, 6.07) is 7.85. The number of rotatable bonds is 7. The van der Waals surface area contributed by atoms with Crippen molar-refractivity contribution in [2.75, 3.05) is 21.0 Å². The Morgan fingerprint density at radius 1 is 1.21 bits per heavy atom. The largest absolute Gasteiger partial charge is 0.496 e. The van der Waals surface area contributed by atoms with Crippen molar-refractivity contribution in [1.29, 1.82) is 0 Å². The Hall–Kier alpha value is -3.12. The van der Waals surface area contributed by atoms with Gasteiger partial charge in [0.15, 0.2) is 12.6 Å². The Kier molecular flexibility index (Phi) is 6.03. The predicted octanol–water partition coefficient (Wildman–Crippen LogP) is 4.90. The van der Waals surface area contributed by atoms with Crippen molar-refractivity contribution in [2.24, 2.45) is 0 Å². The molecule has 152 valence electrons. The minimum absolute atomic E-state index is 0.0350. The summed E-state index contributed by atoms with van der Waals surface area (Å²) in [7, 11) is 2.98. The molecular weight excluding hydrogens is 375 g/mol. The summed E-state index contributed by atoms with van der Waals surface area (Å²) in [5, 5.41) is 0. The van der Waals surface area contributed by atoms with Crippen LogP contribution >= 0.6 is 0 Å². The van der Waals surface area contributed by atoms with Gasteiger partial charge in [0, 0.05) is 18.7 Å². The quantitative estimate of drug-likeness (QED) is 0.377. The highest BCUT2D eigenvalue weighted by atomic mass is 19.1. The number of allylic oxidation sites excluding steroid dienone is 1. The zero-order chi connectivity index (χ0) is 21.0. The SMILES string of the molecule is COCOc1cc(OC)c(C(=O)/C=C/c2ccccc2F)c2c1C=CC(C)(C)O2. The molecule has 6 heteroatoms. The molecule has 0 amide bonds. The van der Waals surface area contributed by atoms with Gasteiger partial charge in [-0.1, -0.05) is 18.2 Å². The van der Waals surface area contributed by atoms with E-state index in [1.54, 1.807) is 24.3 Å². The lowest BCUT2D eigenvalue weighted by molar-refractivity contribution is 0.0501. The lowest BCUT2D eigenvalue weighted by Gasteiger charge is -2.30. The molecule has 1 heterocycles. The fraction of sp³-hybridized carbons (Fsp3) is 0.261. The van der Waals surface area contributed by atoms with Gasteiger partial charge in [0.25, 0.3) is 0 Å². The van der Waals surface area contributed by atoms with Crippen LogP contribution in [0.15, 0.2) is 42.5 Å². The van der Waals surface area contributed by atoms with Crippen LogP contribution in [0.5, 0.6) is 17.2 Å². The molecule has 0 unspecified atom stereocenters. The number of hydrogen-bond donors (Lipinski definition) is 0.